The highest BCUT2D eigenvalue weighted by Crippen LogP contribution is 2.64. The van der Waals surface area contributed by atoms with Gasteiger partial charge in [-0.2, -0.15) is 0 Å². The molecule has 3 nitrogen and oxygen atoms in total. The predicted molar refractivity (Wildman–Crippen MR) is 202 cm³/mol. The topological polar surface area (TPSA) is 38.9 Å². The molecule has 11 rings (SSSR count). The normalized spacial score (nSPS) is 13.4. The van der Waals surface area contributed by atoms with E-state index in [-0.39, 0.29) is 0 Å². The Kier molecular flexibility index (Phi) is 5.59. The first kappa shape index (κ1) is 27.4. The van der Waals surface area contributed by atoms with Crippen molar-refractivity contribution in [3.05, 3.63) is 192 Å². The van der Waals surface area contributed by atoms with Crippen molar-refractivity contribution in [2.45, 2.75) is 5.41 Å². The lowest BCUT2D eigenvalue weighted by molar-refractivity contribution is 0.669. The first-order chi connectivity index (χ1) is 24.8. The Balaban J connectivity index is 1.22. The number of furan rings is 1. The van der Waals surface area contributed by atoms with Crippen LogP contribution in [-0.2, 0) is 5.41 Å². The molecule has 0 fully saturated rings. The van der Waals surface area contributed by atoms with E-state index in [1.54, 1.807) is 0 Å². The lowest BCUT2D eigenvalue weighted by Crippen LogP contribution is -2.26. The van der Waals surface area contributed by atoms with E-state index in [4.69, 9.17) is 14.4 Å². The minimum absolute atomic E-state index is 0.484. The summed E-state index contributed by atoms with van der Waals surface area (Å²) >= 11 is 0. The summed E-state index contributed by atoms with van der Waals surface area (Å²) in [5, 5.41) is 2.14. The first-order valence-electron chi connectivity index (χ1n) is 17.1. The summed E-state index contributed by atoms with van der Waals surface area (Å²) in [6.07, 6.45) is 0. The van der Waals surface area contributed by atoms with Gasteiger partial charge in [0.05, 0.1) is 16.8 Å². The zero-order chi connectivity index (χ0) is 32.8. The second-order valence-electron chi connectivity index (χ2n) is 13.3. The van der Waals surface area contributed by atoms with Gasteiger partial charge in [0.25, 0.3) is 0 Å². The van der Waals surface area contributed by atoms with E-state index in [1.807, 2.05) is 24.3 Å². The predicted octanol–water partition coefficient (Wildman–Crippen LogP) is 11.7. The van der Waals surface area contributed by atoms with Crippen molar-refractivity contribution in [3.63, 3.8) is 0 Å². The highest BCUT2D eigenvalue weighted by Gasteiger charge is 2.52. The molecule has 2 aromatic heterocycles. The molecule has 0 saturated heterocycles. The zero-order valence-corrected chi connectivity index (χ0v) is 27.0. The lowest BCUT2D eigenvalue weighted by atomic mass is 9.69. The van der Waals surface area contributed by atoms with Crippen molar-refractivity contribution in [2.75, 3.05) is 0 Å². The molecule has 9 aromatic rings. The van der Waals surface area contributed by atoms with E-state index >= 15 is 0 Å². The molecule has 0 atom stereocenters. The van der Waals surface area contributed by atoms with Gasteiger partial charge in [0.1, 0.15) is 11.2 Å². The van der Waals surface area contributed by atoms with Gasteiger partial charge in [0.2, 0.25) is 0 Å². The van der Waals surface area contributed by atoms with Crippen LogP contribution in [0.15, 0.2) is 174 Å². The molecule has 0 N–H and O–H groups in total. The van der Waals surface area contributed by atoms with Gasteiger partial charge in [-0.25, -0.2) is 9.97 Å². The molecule has 0 bridgehead atoms. The van der Waals surface area contributed by atoms with Crippen LogP contribution in [0.2, 0.25) is 0 Å². The third kappa shape index (κ3) is 3.64. The van der Waals surface area contributed by atoms with Crippen LogP contribution >= 0.6 is 0 Å². The molecule has 0 saturated carbocycles. The van der Waals surface area contributed by atoms with Gasteiger partial charge >= 0.3 is 0 Å². The summed E-state index contributed by atoms with van der Waals surface area (Å²) in [6.45, 7) is 0. The first-order valence-corrected chi connectivity index (χ1v) is 17.1. The molecule has 2 heterocycles. The van der Waals surface area contributed by atoms with Crippen LogP contribution in [0.4, 0.5) is 0 Å². The van der Waals surface area contributed by atoms with Crippen LogP contribution in [0.5, 0.6) is 0 Å². The zero-order valence-electron chi connectivity index (χ0n) is 27.0. The van der Waals surface area contributed by atoms with Crippen molar-refractivity contribution in [3.8, 4) is 56.2 Å². The Labute approximate surface area is 289 Å². The average Bonchev–Trinajstić information content (AvgIpc) is 3.82. The standard InChI is InChI=1S/C47H28N2O/c1-2-13-29(14-3-1)41-28-42(49-46(48-41)30-25-26-44-37(27-30)34-18-7-11-24-43(34)50-44)36-20-12-19-35-33-17-6-10-23-40(33)47(45(35)36)38-21-8-4-15-31(38)32-16-5-9-22-39(32)47/h1-28H. The van der Waals surface area contributed by atoms with Gasteiger partial charge in [-0.05, 0) is 74.8 Å². The quantitative estimate of drug-likeness (QED) is 0.194. The summed E-state index contributed by atoms with van der Waals surface area (Å²) in [6, 6.07) is 60.6. The Morgan fingerprint density at radius 1 is 0.380 bits per heavy atom. The summed E-state index contributed by atoms with van der Waals surface area (Å²) in [4.78, 5) is 10.7. The van der Waals surface area contributed by atoms with E-state index < -0.39 is 5.41 Å². The van der Waals surface area contributed by atoms with E-state index in [0.717, 1.165) is 50.0 Å². The fourth-order valence-electron chi connectivity index (χ4n) is 8.70. The number of hydrogen-bond donors (Lipinski definition) is 0. The van der Waals surface area contributed by atoms with Crippen LogP contribution in [-0.4, -0.2) is 9.97 Å². The number of para-hydroxylation sites is 1. The minimum Gasteiger partial charge on any atom is -0.456 e. The van der Waals surface area contributed by atoms with E-state index in [1.165, 1.54) is 44.5 Å². The number of benzene rings is 7. The Morgan fingerprint density at radius 3 is 1.68 bits per heavy atom. The third-order valence-corrected chi connectivity index (χ3v) is 10.7. The van der Waals surface area contributed by atoms with Gasteiger partial charge in [-0.1, -0.05) is 140 Å². The van der Waals surface area contributed by atoms with Crippen LogP contribution in [0.3, 0.4) is 0 Å². The molecule has 0 amide bonds. The fraction of sp³-hybridized carbons (Fsp3) is 0.0213. The summed E-state index contributed by atoms with van der Waals surface area (Å²) < 4.78 is 6.18. The molecule has 0 radical (unpaired) electrons. The van der Waals surface area contributed by atoms with Gasteiger partial charge in [-0.3, -0.25) is 0 Å². The number of hydrogen-bond acceptors (Lipinski definition) is 3. The van der Waals surface area contributed by atoms with Gasteiger partial charge in [-0.15, -0.1) is 0 Å². The minimum atomic E-state index is -0.484. The second kappa shape index (κ2) is 10.2. The number of rotatable bonds is 3. The van der Waals surface area contributed by atoms with Gasteiger partial charge < -0.3 is 4.42 Å². The van der Waals surface area contributed by atoms with E-state index in [2.05, 4.69) is 146 Å². The van der Waals surface area contributed by atoms with Crippen LogP contribution in [0, 0.1) is 0 Å². The van der Waals surface area contributed by atoms with Crippen molar-refractivity contribution in [2.24, 2.45) is 0 Å². The molecule has 7 aromatic carbocycles. The van der Waals surface area contributed by atoms with Crippen LogP contribution < -0.4 is 0 Å². The van der Waals surface area contributed by atoms with Crippen molar-refractivity contribution >= 4 is 21.9 Å². The molecule has 50 heavy (non-hydrogen) atoms. The summed E-state index contributed by atoms with van der Waals surface area (Å²) in [7, 11) is 0. The Bertz CT molecular complexity index is 2770. The maximum absolute atomic E-state index is 6.18. The SMILES string of the molecule is c1ccc(-c2cc(-c3cccc4c3C3(c5ccccc5-c5ccccc53)c3ccccc3-4)nc(-c3ccc4oc5ccccc5c4c3)n2)cc1. The largest absolute Gasteiger partial charge is 0.456 e. The van der Waals surface area contributed by atoms with Crippen molar-refractivity contribution in [1.82, 2.24) is 9.97 Å². The highest BCUT2D eigenvalue weighted by atomic mass is 16.3. The molecule has 2 aliphatic carbocycles. The third-order valence-electron chi connectivity index (χ3n) is 10.7. The summed E-state index contributed by atoms with van der Waals surface area (Å²) in [5.41, 5.74) is 16.5. The van der Waals surface area contributed by atoms with Crippen molar-refractivity contribution in [1.29, 1.82) is 0 Å². The second-order valence-corrected chi connectivity index (χ2v) is 13.3. The Hall–Kier alpha value is -6.58. The molecule has 0 unspecified atom stereocenters. The van der Waals surface area contributed by atoms with E-state index in [9.17, 15) is 0 Å². The molecular weight excluding hydrogens is 609 g/mol. The van der Waals surface area contributed by atoms with Crippen LogP contribution in [0.1, 0.15) is 22.3 Å². The molecular formula is C47H28N2O. The van der Waals surface area contributed by atoms with Crippen LogP contribution in [0.25, 0.3) is 78.1 Å². The molecule has 2 aliphatic rings. The number of nitrogens with zero attached hydrogens (tertiary/aromatic N) is 2. The fourth-order valence-corrected chi connectivity index (χ4v) is 8.70. The number of fused-ring (bicyclic) bond motifs is 13. The monoisotopic (exact) mass is 636 g/mol. The van der Waals surface area contributed by atoms with Crippen molar-refractivity contribution < 1.29 is 4.42 Å². The molecule has 232 valence electrons. The number of aromatic nitrogens is 2. The van der Waals surface area contributed by atoms with E-state index in [0.29, 0.717) is 5.82 Å². The summed E-state index contributed by atoms with van der Waals surface area (Å²) in [5.74, 6) is 0.683. The molecule has 1 spiro atoms. The van der Waals surface area contributed by atoms with Gasteiger partial charge in [0.15, 0.2) is 5.82 Å². The molecule has 0 aliphatic heterocycles. The smallest absolute Gasteiger partial charge is 0.160 e. The lowest BCUT2D eigenvalue weighted by Gasteiger charge is -2.32. The maximum Gasteiger partial charge on any atom is 0.160 e. The maximum atomic E-state index is 6.18. The highest BCUT2D eigenvalue weighted by molar-refractivity contribution is 6.06. The Morgan fingerprint density at radius 2 is 0.940 bits per heavy atom. The van der Waals surface area contributed by atoms with Gasteiger partial charge in [0, 0.05) is 27.5 Å². The average molecular weight is 637 g/mol. The molecule has 3 heteroatoms.